The van der Waals surface area contributed by atoms with E-state index in [-0.39, 0.29) is 0 Å². The van der Waals surface area contributed by atoms with E-state index in [1.165, 1.54) is 0 Å². The molecule has 2 aromatic rings. The van der Waals surface area contributed by atoms with Gasteiger partial charge in [-0.05, 0) is 30.3 Å². The Labute approximate surface area is 102 Å². The van der Waals surface area contributed by atoms with E-state index >= 15 is 0 Å². The fraction of sp³-hybridized carbons (Fsp3) is 0.0909. The van der Waals surface area contributed by atoms with E-state index in [2.05, 4.69) is 26.1 Å². The van der Waals surface area contributed by atoms with Crippen molar-refractivity contribution in [3.8, 4) is 11.6 Å². The molecule has 2 N–H and O–H groups in total. The second kappa shape index (κ2) is 5.05. The van der Waals surface area contributed by atoms with Gasteiger partial charge in [0.1, 0.15) is 5.75 Å². The van der Waals surface area contributed by atoms with Crippen LogP contribution in [0.25, 0.3) is 0 Å². The highest BCUT2D eigenvalue weighted by Crippen LogP contribution is 2.20. The largest absolute Gasteiger partial charge is 0.438 e. The summed E-state index contributed by atoms with van der Waals surface area (Å²) in [6, 6.07) is 11.0. The molecule has 0 atom stereocenters. The third kappa shape index (κ3) is 2.77. The molecule has 0 aliphatic heterocycles. The fourth-order valence-corrected chi connectivity index (χ4v) is 1.40. The molecule has 0 aliphatic carbocycles. The third-order valence-electron chi connectivity index (χ3n) is 1.94. The van der Waals surface area contributed by atoms with Gasteiger partial charge < -0.3 is 10.5 Å². The monoisotopic (exact) mass is 279 g/mol. The van der Waals surface area contributed by atoms with Crippen molar-refractivity contribution in [2.75, 3.05) is 0 Å². The van der Waals surface area contributed by atoms with Crippen molar-refractivity contribution in [2.24, 2.45) is 5.73 Å². The molecule has 0 spiro atoms. The zero-order valence-corrected chi connectivity index (χ0v) is 10.0. The van der Waals surface area contributed by atoms with Gasteiger partial charge in [-0.25, -0.2) is 0 Å². The van der Waals surface area contributed by atoms with Gasteiger partial charge in [-0.15, -0.1) is 5.10 Å². The molecule has 0 amide bonds. The van der Waals surface area contributed by atoms with Gasteiger partial charge in [0.2, 0.25) is 5.88 Å². The minimum Gasteiger partial charge on any atom is -0.438 e. The van der Waals surface area contributed by atoms with E-state index in [1.54, 1.807) is 12.1 Å². The number of hydrogen-bond donors (Lipinski definition) is 1. The predicted octanol–water partition coefficient (Wildman–Crippen LogP) is 2.49. The topological polar surface area (TPSA) is 61.0 Å². The van der Waals surface area contributed by atoms with Crippen LogP contribution in [-0.2, 0) is 6.54 Å². The maximum absolute atomic E-state index is 5.50. The number of nitrogens with zero attached hydrogens (tertiary/aromatic N) is 2. The van der Waals surface area contributed by atoms with Crippen LogP contribution in [0.4, 0.5) is 0 Å². The van der Waals surface area contributed by atoms with Crippen LogP contribution in [-0.4, -0.2) is 10.2 Å². The lowest BCUT2D eigenvalue weighted by atomic mass is 10.3. The van der Waals surface area contributed by atoms with Crippen LogP contribution in [0.15, 0.2) is 40.9 Å². The third-order valence-corrected chi connectivity index (χ3v) is 2.47. The first-order valence-corrected chi connectivity index (χ1v) is 5.53. The summed E-state index contributed by atoms with van der Waals surface area (Å²) < 4.78 is 6.50. The number of rotatable bonds is 3. The van der Waals surface area contributed by atoms with Crippen molar-refractivity contribution in [1.29, 1.82) is 0 Å². The first-order valence-electron chi connectivity index (χ1n) is 4.74. The minimum absolute atomic E-state index is 0.381. The zero-order chi connectivity index (χ0) is 11.4. The van der Waals surface area contributed by atoms with Gasteiger partial charge in [0.05, 0.1) is 5.69 Å². The quantitative estimate of drug-likeness (QED) is 0.938. The predicted molar refractivity (Wildman–Crippen MR) is 64.1 cm³/mol. The van der Waals surface area contributed by atoms with Crippen molar-refractivity contribution in [2.45, 2.75) is 6.54 Å². The Morgan fingerprint density at radius 3 is 2.38 bits per heavy atom. The van der Waals surface area contributed by atoms with Crippen molar-refractivity contribution >= 4 is 15.9 Å². The average Bonchev–Trinajstić information content (AvgIpc) is 2.33. The van der Waals surface area contributed by atoms with E-state index in [0.29, 0.717) is 12.4 Å². The summed E-state index contributed by atoms with van der Waals surface area (Å²) in [7, 11) is 0. The van der Waals surface area contributed by atoms with Gasteiger partial charge in [0.15, 0.2) is 0 Å². The summed E-state index contributed by atoms with van der Waals surface area (Å²) in [6.45, 7) is 0.381. The molecule has 82 valence electrons. The standard InChI is InChI=1S/C11H10BrN3O/c12-8-1-4-10(5-2-8)16-11-6-3-9(7-13)14-15-11/h1-6H,7,13H2. The molecule has 1 aromatic carbocycles. The normalized spacial score (nSPS) is 10.1. The van der Waals surface area contributed by atoms with Crippen molar-refractivity contribution in [3.63, 3.8) is 0 Å². The molecule has 0 saturated heterocycles. The highest BCUT2D eigenvalue weighted by atomic mass is 79.9. The van der Waals surface area contributed by atoms with Gasteiger partial charge in [0.25, 0.3) is 0 Å². The number of hydrogen-bond acceptors (Lipinski definition) is 4. The Morgan fingerprint density at radius 2 is 1.81 bits per heavy atom. The SMILES string of the molecule is NCc1ccc(Oc2ccc(Br)cc2)nn1. The Kier molecular flexibility index (Phi) is 3.48. The molecule has 0 unspecified atom stereocenters. The lowest BCUT2D eigenvalue weighted by molar-refractivity contribution is 0.454. The molecule has 0 aliphatic rings. The lowest BCUT2D eigenvalue weighted by Gasteiger charge is -2.04. The van der Waals surface area contributed by atoms with Crippen LogP contribution in [0.3, 0.4) is 0 Å². The minimum atomic E-state index is 0.381. The summed E-state index contributed by atoms with van der Waals surface area (Å²) in [5, 5.41) is 7.80. The Hall–Kier alpha value is -1.46. The lowest BCUT2D eigenvalue weighted by Crippen LogP contribution is -2.01. The fourth-order valence-electron chi connectivity index (χ4n) is 1.13. The summed E-state index contributed by atoms with van der Waals surface area (Å²) in [5.41, 5.74) is 6.16. The first-order chi connectivity index (χ1) is 7.78. The van der Waals surface area contributed by atoms with Crippen LogP contribution in [0.2, 0.25) is 0 Å². The maximum atomic E-state index is 5.50. The summed E-state index contributed by atoms with van der Waals surface area (Å²) >= 11 is 3.35. The second-order valence-corrected chi connectivity index (χ2v) is 4.04. The van der Waals surface area contributed by atoms with E-state index in [1.807, 2.05) is 24.3 Å². The second-order valence-electron chi connectivity index (χ2n) is 3.12. The van der Waals surface area contributed by atoms with Gasteiger partial charge in [-0.2, -0.15) is 5.10 Å². The average molecular weight is 280 g/mol. The molecule has 1 heterocycles. The number of benzene rings is 1. The van der Waals surface area contributed by atoms with Crippen molar-refractivity contribution in [3.05, 3.63) is 46.6 Å². The van der Waals surface area contributed by atoms with Crippen molar-refractivity contribution in [1.82, 2.24) is 10.2 Å². The van der Waals surface area contributed by atoms with Gasteiger partial charge >= 0.3 is 0 Å². The molecular weight excluding hydrogens is 270 g/mol. The molecule has 5 heteroatoms. The molecule has 16 heavy (non-hydrogen) atoms. The van der Waals surface area contributed by atoms with Crippen molar-refractivity contribution < 1.29 is 4.74 Å². The summed E-state index contributed by atoms with van der Waals surface area (Å²) in [6.07, 6.45) is 0. The molecular formula is C11H10BrN3O. The van der Waals surface area contributed by atoms with Gasteiger partial charge in [-0.3, -0.25) is 0 Å². The van der Waals surface area contributed by atoms with E-state index in [9.17, 15) is 0 Å². The van der Waals surface area contributed by atoms with Crippen LogP contribution in [0, 0.1) is 0 Å². The molecule has 1 aromatic heterocycles. The molecule has 0 bridgehead atoms. The summed E-state index contributed by atoms with van der Waals surface area (Å²) in [5.74, 6) is 1.18. The summed E-state index contributed by atoms with van der Waals surface area (Å²) in [4.78, 5) is 0. The van der Waals surface area contributed by atoms with E-state index < -0.39 is 0 Å². The highest BCUT2D eigenvalue weighted by molar-refractivity contribution is 9.10. The zero-order valence-electron chi connectivity index (χ0n) is 8.43. The number of nitrogens with two attached hydrogens (primary N) is 1. The number of halogens is 1. The highest BCUT2D eigenvalue weighted by Gasteiger charge is 1.99. The first kappa shape index (κ1) is 11.0. The molecule has 2 rings (SSSR count). The van der Waals surface area contributed by atoms with E-state index in [4.69, 9.17) is 10.5 Å². The van der Waals surface area contributed by atoms with Crippen LogP contribution >= 0.6 is 15.9 Å². The van der Waals surface area contributed by atoms with Crippen LogP contribution in [0.1, 0.15) is 5.69 Å². The number of ether oxygens (including phenoxy) is 1. The van der Waals surface area contributed by atoms with Crippen LogP contribution < -0.4 is 10.5 Å². The Bertz CT molecular complexity index is 456. The van der Waals surface area contributed by atoms with Gasteiger partial charge in [-0.1, -0.05) is 15.9 Å². The van der Waals surface area contributed by atoms with Crippen LogP contribution in [0.5, 0.6) is 11.6 Å². The molecule has 0 fully saturated rings. The van der Waals surface area contributed by atoms with Gasteiger partial charge in [0, 0.05) is 17.1 Å². The van der Waals surface area contributed by atoms with E-state index in [0.717, 1.165) is 15.9 Å². The molecule has 0 radical (unpaired) electrons. The smallest absolute Gasteiger partial charge is 0.238 e. The molecule has 0 saturated carbocycles. The number of aromatic nitrogens is 2. The Morgan fingerprint density at radius 1 is 1.06 bits per heavy atom. The maximum Gasteiger partial charge on any atom is 0.238 e. The molecule has 4 nitrogen and oxygen atoms in total. The Balaban J connectivity index is 2.11.